The Balaban J connectivity index is 1.76. The number of aliphatic hydroxyl groups is 1. The summed E-state index contributed by atoms with van der Waals surface area (Å²) in [7, 11) is -0.879. The summed E-state index contributed by atoms with van der Waals surface area (Å²) in [6, 6.07) is 10.7. The van der Waals surface area contributed by atoms with Gasteiger partial charge in [0.1, 0.15) is 23.2 Å². The fourth-order valence-corrected chi connectivity index (χ4v) is 5.68. The molecule has 1 N–H and O–H groups in total. The lowest BCUT2D eigenvalue weighted by Crippen LogP contribution is -2.55. The van der Waals surface area contributed by atoms with E-state index in [0.29, 0.717) is 35.7 Å². The van der Waals surface area contributed by atoms with Gasteiger partial charge in [0.25, 0.3) is 10.0 Å². The average molecular weight is 475 g/mol. The van der Waals surface area contributed by atoms with Gasteiger partial charge in [-0.1, -0.05) is 0 Å². The predicted octanol–water partition coefficient (Wildman–Crippen LogP) is 3.11. The number of hydrogen-bond donors (Lipinski definition) is 1. The minimum absolute atomic E-state index is 0.0439. The second kappa shape index (κ2) is 8.53. The van der Waals surface area contributed by atoms with Gasteiger partial charge in [-0.15, -0.1) is 0 Å². The summed E-state index contributed by atoms with van der Waals surface area (Å²) in [4.78, 5) is 14.5. The maximum atomic E-state index is 13.4. The smallest absolute Gasteiger partial charge is 0.264 e. The van der Waals surface area contributed by atoms with Crippen LogP contribution >= 0.6 is 0 Å². The number of carbonyl (C=O) groups excluding carboxylic acids is 1. The third-order valence-electron chi connectivity index (χ3n) is 6.47. The van der Waals surface area contributed by atoms with Crippen LogP contribution in [0.3, 0.4) is 0 Å². The van der Waals surface area contributed by atoms with Crippen molar-refractivity contribution in [3.05, 3.63) is 48.0 Å². The molecule has 8 nitrogen and oxygen atoms in total. The first-order chi connectivity index (χ1) is 15.6. The lowest BCUT2D eigenvalue weighted by Gasteiger charge is -2.47. The standard InChI is InChI=1S/C24H30N2O6S/c1-24(2)23(28)22(26-14-6-5-7-21(26)27)19-15-18(12-13-20(19)32-24)33(29,30)25(3)16-8-10-17(31-4)11-9-16/h8-13,15,22-23,28H,5-7,14H2,1-4H3. The van der Waals surface area contributed by atoms with Gasteiger partial charge in [-0.3, -0.25) is 9.10 Å². The quantitative estimate of drug-likeness (QED) is 0.715. The van der Waals surface area contributed by atoms with Gasteiger partial charge in [0.2, 0.25) is 5.91 Å². The van der Waals surface area contributed by atoms with E-state index in [4.69, 9.17) is 9.47 Å². The van der Waals surface area contributed by atoms with Crippen LogP contribution in [0.5, 0.6) is 11.5 Å². The van der Waals surface area contributed by atoms with Crippen LogP contribution in [-0.2, 0) is 14.8 Å². The summed E-state index contributed by atoms with van der Waals surface area (Å²) in [5.41, 5.74) is 0.0466. The molecule has 0 saturated carbocycles. The van der Waals surface area contributed by atoms with Gasteiger partial charge in [-0.2, -0.15) is 0 Å². The molecule has 1 saturated heterocycles. The Morgan fingerprint density at radius 3 is 2.48 bits per heavy atom. The van der Waals surface area contributed by atoms with Crippen molar-refractivity contribution >= 4 is 21.6 Å². The number of nitrogens with zero attached hydrogens (tertiary/aromatic N) is 2. The van der Waals surface area contributed by atoms with Crippen LogP contribution in [0, 0.1) is 0 Å². The molecule has 1 fully saturated rings. The molecule has 2 aromatic rings. The number of methoxy groups -OCH3 is 1. The van der Waals surface area contributed by atoms with Crippen molar-refractivity contribution in [3.8, 4) is 11.5 Å². The first kappa shape index (κ1) is 23.4. The van der Waals surface area contributed by atoms with E-state index in [2.05, 4.69) is 0 Å². The van der Waals surface area contributed by atoms with Crippen molar-refractivity contribution in [3.63, 3.8) is 0 Å². The number of rotatable bonds is 5. The normalized spacial score (nSPS) is 22.3. The summed E-state index contributed by atoms with van der Waals surface area (Å²) in [5, 5.41) is 11.2. The van der Waals surface area contributed by atoms with E-state index in [-0.39, 0.29) is 10.8 Å². The molecule has 178 valence electrons. The van der Waals surface area contributed by atoms with Crippen LogP contribution in [0.1, 0.15) is 44.7 Å². The molecule has 2 aliphatic rings. The highest BCUT2D eigenvalue weighted by atomic mass is 32.2. The molecule has 9 heteroatoms. The predicted molar refractivity (Wildman–Crippen MR) is 124 cm³/mol. The minimum atomic E-state index is -3.91. The number of sulfonamides is 1. The summed E-state index contributed by atoms with van der Waals surface area (Å²) in [6.45, 7) is 4.05. The molecule has 33 heavy (non-hydrogen) atoms. The van der Waals surface area contributed by atoms with E-state index in [1.807, 2.05) is 0 Å². The van der Waals surface area contributed by atoms with Crippen molar-refractivity contribution < 1.29 is 27.8 Å². The highest BCUT2D eigenvalue weighted by molar-refractivity contribution is 7.92. The SMILES string of the molecule is COc1ccc(N(C)S(=O)(=O)c2ccc3c(c2)C(N2CCCCC2=O)C(O)C(C)(C)O3)cc1. The largest absolute Gasteiger partial charge is 0.497 e. The lowest BCUT2D eigenvalue weighted by atomic mass is 9.84. The average Bonchev–Trinajstić information content (AvgIpc) is 2.80. The topological polar surface area (TPSA) is 96.4 Å². The Hall–Kier alpha value is -2.78. The van der Waals surface area contributed by atoms with Crippen molar-refractivity contribution in [1.82, 2.24) is 4.90 Å². The second-order valence-electron chi connectivity index (χ2n) is 9.01. The molecular weight excluding hydrogens is 444 g/mol. The zero-order valence-electron chi connectivity index (χ0n) is 19.3. The fraction of sp³-hybridized carbons (Fsp3) is 0.458. The molecule has 1 amide bonds. The Morgan fingerprint density at radius 2 is 1.85 bits per heavy atom. The number of ether oxygens (including phenoxy) is 2. The van der Waals surface area contributed by atoms with Crippen molar-refractivity contribution in [2.75, 3.05) is 25.0 Å². The van der Waals surface area contributed by atoms with Gasteiger partial charge < -0.3 is 19.5 Å². The zero-order chi connectivity index (χ0) is 24.0. The van der Waals surface area contributed by atoms with Gasteiger partial charge in [0.05, 0.1) is 23.7 Å². The number of likely N-dealkylation sites (tertiary alicyclic amines) is 1. The molecule has 2 atom stereocenters. The number of piperidine rings is 1. The number of benzene rings is 2. The summed E-state index contributed by atoms with van der Waals surface area (Å²) < 4.78 is 39.2. The van der Waals surface area contributed by atoms with Crippen LogP contribution in [0.2, 0.25) is 0 Å². The molecule has 0 bridgehead atoms. The van der Waals surface area contributed by atoms with Gasteiger partial charge in [-0.05, 0) is 69.2 Å². The van der Waals surface area contributed by atoms with E-state index >= 15 is 0 Å². The van der Waals surface area contributed by atoms with Gasteiger partial charge in [0, 0.05) is 25.6 Å². The molecule has 0 aromatic heterocycles. The number of hydrogen-bond acceptors (Lipinski definition) is 6. The number of aliphatic hydroxyl groups excluding tert-OH is 1. The Morgan fingerprint density at radius 1 is 1.15 bits per heavy atom. The van der Waals surface area contributed by atoms with Gasteiger partial charge in [-0.25, -0.2) is 8.42 Å². The highest BCUT2D eigenvalue weighted by Crippen LogP contribution is 2.45. The summed E-state index contributed by atoms with van der Waals surface area (Å²) in [5.74, 6) is 1.05. The third-order valence-corrected chi connectivity index (χ3v) is 8.26. The molecule has 2 aliphatic heterocycles. The molecule has 0 spiro atoms. The molecule has 0 aliphatic carbocycles. The summed E-state index contributed by atoms with van der Waals surface area (Å²) >= 11 is 0. The van der Waals surface area contributed by atoms with Crippen molar-refractivity contribution in [2.45, 2.75) is 55.8 Å². The third kappa shape index (κ3) is 4.15. The first-order valence-corrected chi connectivity index (χ1v) is 12.4. The molecule has 4 rings (SSSR count). The van der Waals surface area contributed by atoms with E-state index in [0.717, 1.165) is 12.8 Å². The van der Waals surface area contributed by atoms with Gasteiger partial charge in [0.15, 0.2) is 0 Å². The maximum absolute atomic E-state index is 13.4. The van der Waals surface area contributed by atoms with E-state index in [9.17, 15) is 18.3 Å². The Kier molecular flexibility index (Phi) is 6.05. The molecular formula is C24H30N2O6S. The number of fused-ring (bicyclic) bond motifs is 1. The van der Waals surface area contributed by atoms with Crippen LogP contribution in [0.4, 0.5) is 5.69 Å². The second-order valence-corrected chi connectivity index (χ2v) is 11.0. The Bertz CT molecular complexity index is 1150. The van der Waals surface area contributed by atoms with Crippen LogP contribution < -0.4 is 13.8 Å². The van der Waals surface area contributed by atoms with Gasteiger partial charge >= 0.3 is 0 Å². The Labute approximate surface area is 194 Å². The number of amides is 1. The van der Waals surface area contributed by atoms with E-state index in [1.54, 1.807) is 56.2 Å². The summed E-state index contributed by atoms with van der Waals surface area (Å²) in [6.07, 6.45) is 1.05. The monoisotopic (exact) mass is 474 g/mol. The first-order valence-electron chi connectivity index (χ1n) is 11.0. The maximum Gasteiger partial charge on any atom is 0.264 e. The van der Waals surface area contributed by atoms with Crippen molar-refractivity contribution in [2.24, 2.45) is 0 Å². The molecule has 0 radical (unpaired) electrons. The molecule has 2 heterocycles. The van der Waals surface area contributed by atoms with E-state index in [1.165, 1.54) is 23.5 Å². The molecule has 2 unspecified atom stereocenters. The van der Waals surface area contributed by atoms with Crippen molar-refractivity contribution in [1.29, 1.82) is 0 Å². The highest BCUT2D eigenvalue weighted by Gasteiger charge is 2.47. The van der Waals surface area contributed by atoms with E-state index < -0.39 is 27.8 Å². The minimum Gasteiger partial charge on any atom is -0.497 e. The number of anilines is 1. The fourth-order valence-electron chi connectivity index (χ4n) is 4.45. The lowest BCUT2D eigenvalue weighted by molar-refractivity contribution is -0.147. The van der Waals surface area contributed by atoms with Crippen LogP contribution in [0.25, 0.3) is 0 Å². The number of carbonyl (C=O) groups is 1. The van der Waals surface area contributed by atoms with Crippen LogP contribution in [0.15, 0.2) is 47.4 Å². The molecule has 2 aromatic carbocycles. The zero-order valence-corrected chi connectivity index (χ0v) is 20.1. The van der Waals surface area contributed by atoms with Crippen LogP contribution in [-0.4, -0.2) is 56.7 Å².